The lowest BCUT2D eigenvalue weighted by molar-refractivity contribution is -0.149. The van der Waals surface area contributed by atoms with Crippen LogP contribution >= 0.6 is 0 Å². The Morgan fingerprint density at radius 1 is 1.39 bits per heavy atom. The Balaban J connectivity index is 4.82. The third kappa shape index (κ3) is 6.49. The predicted octanol–water partition coefficient (Wildman–Crippen LogP) is -2.06. The molecule has 10 heteroatoms. The van der Waals surface area contributed by atoms with Crippen molar-refractivity contribution in [2.45, 2.75) is 38.0 Å². The quantitative estimate of drug-likeness (QED) is 0.246. The van der Waals surface area contributed by atoms with Gasteiger partial charge in [0.25, 0.3) is 10.1 Å². The van der Waals surface area contributed by atoms with Gasteiger partial charge in [0.15, 0.2) is 5.25 Å². The summed E-state index contributed by atoms with van der Waals surface area (Å²) in [6.45, 7) is 2.50. The molecule has 5 N–H and O–H groups in total. The predicted molar refractivity (Wildman–Crippen MR) is 59.5 cm³/mol. The minimum Gasteiger partial charge on any atom is -0.447 e. The van der Waals surface area contributed by atoms with Gasteiger partial charge in [0.1, 0.15) is 12.5 Å². The molecule has 106 valence electrons. The zero-order valence-corrected chi connectivity index (χ0v) is 10.7. The van der Waals surface area contributed by atoms with Gasteiger partial charge in [0.05, 0.1) is 6.42 Å². The van der Waals surface area contributed by atoms with Crippen molar-refractivity contribution in [3.63, 3.8) is 0 Å². The third-order valence-electron chi connectivity index (χ3n) is 1.67. The molecular formula is C8H16N2O7S. The molecule has 3 atom stereocenters. The van der Waals surface area contributed by atoms with Gasteiger partial charge in [-0.1, -0.05) is 0 Å². The van der Waals surface area contributed by atoms with Crippen LogP contribution in [-0.4, -0.2) is 47.7 Å². The van der Waals surface area contributed by atoms with E-state index in [0.29, 0.717) is 0 Å². The number of hydrogen-bond acceptors (Lipinski definition) is 7. The number of amides is 1. The van der Waals surface area contributed by atoms with E-state index in [9.17, 15) is 18.0 Å². The topological polar surface area (TPSA) is 156 Å². The number of carbonyl (C=O) groups is 2. The number of esters is 1. The molecule has 0 aromatic carbocycles. The molecule has 0 aromatic heterocycles. The first-order chi connectivity index (χ1) is 8.04. The number of nitrogens with two attached hydrogens (primary N) is 1. The summed E-state index contributed by atoms with van der Waals surface area (Å²) < 4.78 is 35.2. The molecule has 3 unspecified atom stereocenters. The molecule has 18 heavy (non-hydrogen) atoms. The fraction of sp³-hybridized carbons (Fsp3) is 0.750. The van der Waals surface area contributed by atoms with E-state index < -0.39 is 46.1 Å². The van der Waals surface area contributed by atoms with Gasteiger partial charge in [-0.05, 0) is 13.8 Å². The van der Waals surface area contributed by atoms with Gasteiger partial charge in [-0.2, -0.15) is 8.42 Å². The number of carbonyl (C=O) groups excluding carboxylic acids is 2. The van der Waals surface area contributed by atoms with Crippen molar-refractivity contribution in [1.82, 2.24) is 5.32 Å². The first kappa shape index (κ1) is 16.8. The van der Waals surface area contributed by atoms with E-state index in [1.165, 1.54) is 13.8 Å². The molecule has 0 heterocycles. The van der Waals surface area contributed by atoms with Crippen molar-refractivity contribution in [1.29, 1.82) is 0 Å². The van der Waals surface area contributed by atoms with Crippen LogP contribution in [0.2, 0.25) is 0 Å². The minimum atomic E-state index is -4.81. The summed E-state index contributed by atoms with van der Waals surface area (Å²) in [6.07, 6.45) is -3.20. The van der Waals surface area contributed by atoms with Crippen molar-refractivity contribution in [3.8, 4) is 0 Å². The SMILES string of the molecule is CC(O)NC(=O)C(CC(=O)OC(C)N)S(=O)(=O)O. The van der Waals surface area contributed by atoms with E-state index in [0.717, 1.165) is 0 Å². The second-order valence-corrected chi connectivity index (χ2v) is 5.19. The smallest absolute Gasteiger partial charge is 0.309 e. The molecule has 0 aliphatic carbocycles. The van der Waals surface area contributed by atoms with E-state index in [2.05, 4.69) is 4.74 Å². The zero-order chi connectivity index (χ0) is 14.5. The summed E-state index contributed by atoms with van der Waals surface area (Å²) in [5.41, 5.74) is 5.14. The Hall–Kier alpha value is -1.23. The maximum Gasteiger partial charge on any atom is 0.309 e. The molecule has 0 aliphatic rings. The normalized spacial score (nSPS) is 16.5. The highest BCUT2D eigenvalue weighted by atomic mass is 32.2. The lowest BCUT2D eigenvalue weighted by atomic mass is 10.3. The van der Waals surface area contributed by atoms with Crippen molar-refractivity contribution >= 4 is 22.0 Å². The largest absolute Gasteiger partial charge is 0.447 e. The number of aliphatic hydroxyl groups excluding tert-OH is 1. The van der Waals surface area contributed by atoms with E-state index in [-0.39, 0.29) is 0 Å². The Morgan fingerprint density at radius 3 is 2.22 bits per heavy atom. The zero-order valence-electron chi connectivity index (χ0n) is 9.86. The van der Waals surface area contributed by atoms with Crippen LogP contribution in [0.15, 0.2) is 0 Å². The van der Waals surface area contributed by atoms with Crippen molar-refractivity contribution < 1.29 is 32.4 Å². The summed E-state index contributed by atoms with van der Waals surface area (Å²) in [5, 5.41) is 8.66. The van der Waals surface area contributed by atoms with Gasteiger partial charge in [-0.3, -0.25) is 19.9 Å². The fourth-order valence-electron chi connectivity index (χ4n) is 1.04. The third-order valence-corrected chi connectivity index (χ3v) is 2.77. The van der Waals surface area contributed by atoms with Crippen LogP contribution in [0, 0.1) is 0 Å². The molecule has 0 radical (unpaired) electrons. The Morgan fingerprint density at radius 2 is 1.89 bits per heavy atom. The van der Waals surface area contributed by atoms with Gasteiger partial charge in [-0.25, -0.2) is 0 Å². The summed E-state index contributed by atoms with van der Waals surface area (Å²) in [7, 11) is -4.81. The Labute approximate surface area is 104 Å². The highest BCUT2D eigenvalue weighted by molar-refractivity contribution is 7.87. The molecule has 0 bridgehead atoms. The second-order valence-electron chi connectivity index (χ2n) is 3.59. The van der Waals surface area contributed by atoms with Crippen LogP contribution < -0.4 is 11.1 Å². The van der Waals surface area contributed by atoms with E-state index in [4.69, 9.17) is 15.4 Å². The highest BCUT2D eigenvalue weighted by Gasteiger charge is 2.34. The van der Waals surface area contributed by atoms with Crippen LogP contribution in [0.3, 0.4) is 0 Å². The molecule has 0 rings (SSSR count). The van der Waals surface area contributed by atoms with Gasteiger partial charge >= 0.3 is 5.97 Å². The van der Waals surface area contributed by atoms with Crippen LogP contribution in [0.4, 0.5) is 0 Å². The number of ether oxygens (including phenoxy) is 1. The lowest BCUT2D eigenvalue weighted by Crippen LogP contribution is -2.45. The van der Waals surface area contributed by atoms with Crippen LogP contribution in [-0.2, 0) is 24.4 Å². The molecule has 0 spiro atoms. The molecular weight excluding hydrogens is 268 g/mol. The fourth-order valence-corrected chi connectivity index (χ4v) is 1.72. The lowest BCUT2D eigenvalue weighted by Gasteiger charge is -2.15. The standard InChI is InChI=1S/C8H16N2O7S/c1-4(9)17-7(12)3-6(18(14,15)16)8(13)10-5(2)11/h4-6,11H,3,9H2,1-2H3,(H,10,13)(H,14,15,16). The van der Waals surface area contributed by atoms with Crippen molar-refractivity contribution in [3.05, 3.63) is 0 Å². The second kappa shape index (κ2) is 6.64. The average Bonchev–Trinajstić information content (AvgIpc) is 2.09. The summed E-state index contributed by atoms with van der Waals surface area (Å²) in [4.78, 5) is 22.6. The van der Waals surface area contributed by atoms with E-state index >= 15 is 0 Å². The van der Waals surface area contributed by atoms with Crippen molar-refractivity contribution in [2.24, 2.45) is 5.73 Å². The molecule has 0 saturated heterocycles. The van der Waals surface area contributed by atoms with Crippen LogP contribution in [0.5, 0.6) is 0 Å². The first-order valence-corrected chi connectivity index (χ1v) is 6.44. The van der Waals surface area contributed by atoms with Gasteiger partial charge < -0.3 is 15.2 Å². The highest BCUT2D eigenvalue weighted by Crippen LogP contribution is 2.07. The molecule has 9 nitrogen and oxygen atoms in total. The molecule has 0 saturated carbocycles. The summed E-state index contributed by atoms with van der Waals surface area (Å²) >= 11 is 0. The first-order valence-electron chi connectivity index (χ1n) is 4.94. The maximum atomic E-state index is 11.4. The van der Waals surface area contributed by atoms with Gasteiger partial charge in [0.2, 0.25) is 5.91 Å². The number of rotatable bonds is 6. The van der Waals surface area contributed by atoms with Crippen molar-refractivity contribution in [2.75, 3.05) is 0 Å². The number of hydrogen-bond donors (Lipinski definition) is 4. The molecule has 0 aromatic rings. The van der Waals surface area contributed by atoms with Crippen LogP contribution in [0.25, 0.3) is 0 Å². The molecule has 0 fully saturated rings. The molecule has 1 amide bonds. The Bertz CT molecular complexity index is 404. The van der Waals surface area contributed by atoms with Gasteiger partial charge in [-0.15, -0.1) is 0 Å². The minimum absolute atomic E-state index is 0.904. The number of nitrogens with one attached hydrogen (secondary N) is 1. The van der Waals surface area contributed by atoms with E-state index in [1.54, 1.807) is 0 Å². The van der Waals surface area contributed by atoms with Gasteiger partial charge in [0, 0.05) is 0 Å². The van der Waals surface area contributed by atoms with Crippen LogP contribution in [0.1, 0.15) is 20.3 Å². The van der Waals surface area contributed by atoms with E-state index in [1.807, 2.05) is 5.32 Å². The Kier molecular flexibility index (Phi) is 6.18. The average molecular weight is 284 g/mol. The summed E-state index contributed by atoms with van der Waals surface area (Å²) in [6, 6.07) is 0. The summed E-state index contributed by atoms with van der Waals surface area (Å²) in [5.74, 6) is -2.28. The maximum absolute atomic E-state index is 11.4. The number of aliphatic hydroxyl groups is 1. The monoisotopic (exact) mass is 284 g/mol. The molecule has 0 aliphatic heterocycles.